The number of H-pyrrole nitrogens is 1. The largest absolute Gasteiger partial charge is 0.454 e. The smallest absolute Gasteiger partial charge is 0.298 e. The number of amides is 1. The van der Waals surface area contributed by atoms with Gasteiger partial charge in [0.2, 0.25) is 0 Å². The molecule has 1 saturated heterocycles. The maximum absolute atomic E-state index is 13.9. The lowest BCUT2D eigenvalue weighted by Crippen LogP contribution is -2.27. The first-order valence-electron chi connectivity index (χ1n) is 11.0. The normalized spacial score (nSPS) is 15.1. The van der Waals surface area contributed by atoms with E-state index in [1.165, 1.54) is 12.1 Å². The molecule has 1 aliphatic heterocycles. The molecule has 0 bridgehead atoms. The van der Waals surface area contributed by atoms with Crippen molar-refractivity contribution < 1.29 is 13.9 Å². The number of nitrogen functional groups attached to an aromatic ring is 1. The van der Waals surface area contributed by atoms with Crippen LogP contribution in [0.5, 0.6) is 11.5 Å². The Kier molecular flexibility index (Phi) is 5.66. The van der Waals surface area contributed by atoms with Gasteiger partial charge in [-0.1, -0.05) is 18.1 Å². The molecule has 0 saturated carbocycles. The van der Waals surface area contributed by atoms with Crippen molar-refractivity contribution in [3.8, 4) is 29.0 Å². The quantitative estimate of drug-likeness (QED) is 0.441. The number of hydrogen-bond acceptors (Lipinski definition) is 6. The van der Waals surface area contributed by atoms with Crippen LogP contribution in [0, 0.1) is 17.7 Å². The van der Waals surface area contributed by atoms with E-state index < -0.39 is 11.4 Å². The summed E-state index contributed by atoms with van der Waals surface area (Å²) in [5.74, 6) is 4.96. The number of benzene rings is 2. The molecule has 0 aliphatic carbocycles. The molecule has 4 aromatic rings. The lowest BCUT2D eigenvalue weighted by molar-refractivity contribution is -0.124. The molecule has 1 amide bonds. The minimum Gasteiger partial charge on any atom is -0.454 e. The first-order chi connectivity index (χ1) is 17.0. The number of anilines is 1. The van der Waals surface area contributed by atoms with E-state index in [0.717, 1.165) is 0 Å². The van der Waals surface area contributed by atoms with E-state index in [9.17, 15) is 14.0 Å². The van der Waals surface area contributed by atoms with Crippen LogP contribution in [-0.4, -0.2) is 43.9 Å². The van der Waals surface area contributed by atoms with Gasteiger partial charge in [0.1, 0.15) is 11.3 Å². The molecule has 9 nitrogen and oxygen atoms in total. The molecule has 10 heteroatoms. The number of nitrogens with zero attached hydrogens (tertiary/aromatic N) is 4. The number of likely N-dealkylation sites (tertiary alicyclic amines) is 1. The highest BCUT2D eigenvalue weighted by atomic mass is 19.1. The molecule has 0 spiro atoms. The number of hydrogen-bond donors (Lipinski definition) is 2. The predicted octanol–water partition coefficient (Wildman–Crippen LogP) is 2.96. The van der Waals surface area contributed by atoms with Crippen LogP contribution in [0.2, 0.25) is 0 Å². The monoisotopic (exact) mass is 472 g/mol. The Bertz CT molecular complexity index is 1550. The Hall–Kier alpha value is -4.65. The maximum Gasteiger partial charge on any atom is 0.298 e. The Morgan fingerprint density at radius 1 is 1.23 bits per heavy atom. The van der Waals surface area contributed by atoms with Crippen LogP contribution in [-0.2, 0) is 4.79 Å². The van der Waals surface area contributed by atoms with Crippen LogP contribution in [0.15, 0.2) is 53.3 Å². The summed E-state index contributed by atoms with van der Waals surface area (Å²) in [5.41, 5.74) is 7.28. The summed E-state index contributed by atoms with van der Waals surface area (Å²) in [4.78, 5) is 26.6. The second-order valence-corrected chi connectivity index (χ2v) is 8.10. The molecular weight excluding hydrogens is 451 g/mol. The van der Waals surface area contributed by atoms with Crippen LogP contribution in [0.4, 0.5) is 10.2 Å². The molecule has 2 aromatic heterocycles. The number of carbonyl (C=O) groups is 1. The van der Waals surface area contributed by atoms with E-state index in [1.54, 1.807) is 52.9 Å². The van der Waals surface area contributed by atoms with Crippen molar-refractivity contribution in [1.29, 1.82) is 0 Å². The summed E-state index contributed by atoms with van der Waals surface area (Å²) in [6, 6.07) is 12.9. The van der Waals surface area contributed by atoms with Crippen molar-refractivity contribution in [3.05, 3.63) is 70.4 Å². The van der Waals surface area contributed by atoms with Crippen LogP contribution >= 0.6 is 0 Å². The van der Waals surface area contributed by atoms with Gasteiger partial charge in [-0.05, 0) is 55.7 Å². The van der Waals surface area contributed by atoms with E-state index >= 15 is 0 Å². The molecule has 2 aromatic carbocycles. The fraction of sp³-hybridized carbons (Fsp3) is 0.200. The van der Waals surface area contributed by atoms with E-state index in [4.69, 9.17) is 15.6 Å². The van der Waals surface area contributed by atoms with Gasteiger partial charge >= 0.3 is 0 Å². The van der Waals surface area contributed by atoms with Gasteiger partial charge < -0.3 is 15.4 Å². The highest BCUT2D eigenvalue weighted by molar-refractivity contribution is 5.94. The summed E-state index contributed by atoms with van der Waals surface area (Å²) in [6.07, 6.45) is 0.639. The average Bonchev–Trinajstić information content (AvgIpc) is 3.50. The first-order valence-corrected chi connectivity index (χ1v) is 11.0. The molecule has 5 rings (SSSR count). The van der Waals surface area contributed by atoms with Crippen molar-refractivity contribution in [3.63, 3.8) is 0 Å². The van der Waals surface area contributed by atoms with Crippen molar-refractivity contribution in [2.24, 2.45) is 0 Å². The van der Waals surface area contributed by atoms with Crippen LogP contribution in [0.25, 0.3) is 16.6 Å². The lowest BCUT2D eigenvalue weighted by Gasteiger charge is -2.12. The van der Waals surface area contributed by atoms with Gasteiger partial charge in [0.25, 0.3) is 11.5 Å². The van der Waals surface area contributed by atoms with Crippen molar-refractivity contribution in [2.45, 2.75) is 19.3 Å². The van der Waals surface area contributed by atoms with Gasteiger partial charge in [0.15, 0.2) is 17.4 Å². The second-order valence-electron chi connectivity index (χ2n) is 8.10. The zero-order valence-corrected chi connectivity index (χ0v) is 18.8. The van der Waals surface area contributed by atoms with Gasteiger partial charge in [0.05, 0.1) is 16.8 Å². The molecule has 176 valence electrons. The third-order valence-corrected chi connectivity index (χ3v) is 5.90. The summed E-state index contributed by atoms with van der Waals surface area (Å²) in [6.45, 7) is 2.53. The number of nitrogens with one attached hydrogen (secondary N) is 1. The number of halogens is 1. The number of para-hydroxylation sites is 1. The SMILES string of the molecule is CC#CC(=O)N1CCC(c2nn(-c3ccc(Oc4ccccc4F)cc3)c3c(N)n[nH]c(=O)c23)C1. The predicted molar refractivity (Wildman–Crippen MR) is 128 cm³/mol. The van der Waals surface area contributed by atoms with E-state index in [1.807, 2.05) is 0 Å². The van der Waals surface area contributed by atoms with Gasteiger partial charge in [-0.3, -0.25) is 9.59 Å². The second kappa shape index (κ2) is 8.95. The summed E-state index contributed by atoms with van der Waals surface area (Å²) in [7, 11) is 0. The molecule has 1 aliphatic rings. The molecular formula is C25H21FN6O3. The van der Waals surface area contributed by atoms with Crippen LogP contribution in [0.1, 0.15) is 25.0 Å². The number of aromatic nitrogens is 4. The summed E-state index contributed by atoms with van der Waals surface area (Å²) >= 11 is 0. The topological polar surface area (TPSA) is 119 Å². The Morgan fingerprint density at radius 3 is 2.74 bits per heavy atom. The number of rotatable bonds is 4. The van der Waals surface area contributed by atoms with Crippen LogP contribution < -0.4 is 16.0 Å². The number of ether oxygens (including phenoxy) is 1. The van der Waals surface area contributed by atoms with Gasteiger partial charge in [-0.25, -0.2) is 14.2 Å². The van der Waals surface area contributed by atoms with Gasteiger partial charge in [-0.2, -0.15) is 10.2 Å². The fourth-order valence-electron chi connectivity index (χ4n) is 4.25. The van der Waals surface area contributed by atoms with E-state index in [-0.39, 0.29) is 23.4 Å². The number of aromatic amines is 1. The van der Waals surface area contributed by atoms with E-state index in [2.05, 4.69) is 22.0 Å². The lowest BCUT2D eigenvalue weighted by atomic mass is 10.0. The highest BCUT2D eigenvalue weighted by Crippen LogP contribution is 2.33. The van der Waals surface area contributed by atoms with Gasteiger partial charge in [-0.15, -0.1) is 0 Å². The minimum absolute atomic E-state index is 0.111. The van der Waals surface area contributed by atoms with Gasteiger partial charge in [0, 0.05) is 19.0 Å². The standard InChI is InChI=1S/C25H21FN6O3/c1-2-5-20(33)31-13-12-15(14-31)22-21-23(24(27)28-29-25(21)34)32(30-22)16-8-10-17(11-9-16)35-19-7-4-3-6-18(19)26/h3-4,6-11,15H,12-14H2,1H3,(H2,27,28)(H,29,34). The van der Waals surface area contributed by atoms with E-state index in [0.29, 0.717) is 47.5 Å². The fourth-order valence-corrected chi connectivity index (χ4v) is 4.25. The van der Waals surface area contributed by atoms with Crippen molar-refractivity contribution >= 4 is 22.6 Å². The molecule has 3 heterocycles. The number of nitrogens with two attached hydrogens (primary N) is 1. The van der Waals surface area contributed by atoms with Crippen LogP contribution in [0.3, 0.4) is 0 Å². The van der Waals surface area contributed by atoms with Crippen molar-refractivity contribution in [2.75, 3.05) is 18.8 Å². The maximum atomic E-state index is 13.9. The molecule has 1 atom stereocenters. The first kappa shape index (κ1) is 22.2. The Morgan fingerprint density at radius 2 is 2.00 bits per heavy atom. The molecule has 3 N–H and O–H groups in total. The average molecular weight is 472 g/mol. The summed E-state index contributed by atoms with van der Waals surface area (Å²) in [5, 5.41) is 11.4. The Labute approximate surface area is 199 Å². The molecule has 1 unspecified atom stereocenters. The minimum atomic E-state index is -0.466. The zero-order chi connectivity index (χ0) is 24.5. The molecule has 0 radical (unpaired) electrons. The summed E-state index contributed by atoms with van der Waals surface area (Å²) < 4.78 is 21.1. The number of carbonyl (C=O) groups excluding carboxylic acids is 1. The Balaban J connectivity index is 1.52. The molecule has 1 fully saturated rings. The highest BCUT2D eigenvalue weighted by Gasteiger charge is 2.32. The number of fused-ring (bicyclic) bond motifs is 1. The molecule has 35 heavy (non-hydrogen) atoms. The zero-order valence-electron chi connectivity index (χ0n) is 18.8. The van der Waals surface area contributed by atoms with Crippen molar-refractivity contribution in [1.82, 2.24) is 24.9 Å². The third kappa shape index (κ3) is 4.08. The third-order valence-electron chi connectivity index (χ3n) is 5.90.